The molecule has 0 unspecified atom stereocenters. The second-order valence-corrected chi connectivity index (χ2v) is 8.04. The highest BCUT2D eigenvalue weighted by atomic mass is 32.2. The lowest BCUT2D eigenvalue weighted by atomic mass is 10.2. The number of benzene rings is 1. The van der Waals surface area contributed by atoms with Crippen molar-refractivity contribution in [3.8, 4) is 17.4 Å². The molecule has 0 radical (unpaired) electrons. The van der Waals surface area contributed by atoms with E-state index in [4.69, 9.17) is 14.2 Å². The van der Waals surface area contributed by atoms with Crippen molar-refractivity contribution in [3.05, 3.63) is 17.1 Å². The molecule has 0 bridgehead atoms. The van der Waals surface area contributed by atoms with Crippen molar-refractivity contribution >= 4 is 32.2 Å². The standard InChI is InChI=1S/C14H14N4O5S2/c1-7-17-18-14(24-7)25(19,20)13-12(23-4)15-8-5-10(21-2)11(22-3)6-9(8)16-13/h5-6H,1-4H3. The molecule has 0 spiro atoms. The number of rotatable bonds is 5. The maximum atomic E-state index is 12.8. The van der Waals surface area contributed by atoms with E-state index in [-0.39, 0.29) is 15.2 Å². The summed E-state index contributed by atoms with van der Waals surface area (Å²) >= 11 is 0.950. The molecular weight excluding hydrogens is 368 g/mol. The molecule has 11 heteroatoms. The van der Waals surface area contributed by atoms with E-state index in [1.165, 1.54) is 21.3 Å². The van der Waals surface area contributed by atoms with Crippen molar-refractivity contribution in [1.82, 2.24) is 20.2 Å². The summed E-state index contributed by atoms with van der Waals surface area (Å²) in [5.41, 5.74) is 0.722. The van der Waals surface area contributed by atoms with Gasteiger partial charge in [-0.15, -0.1) is 10.2 Å². The van der Waals surface area contributed by atoms with E-state index < -0.39 is 9.84 Å². The van der Waals surface area contributed by atoms with Gasteiger partial charge in [0, 0.05) is 12.1 Å². The molecule has 2 heterocycles. The number of hydrogen-bond donors (Lipinski definition) is 0. The zero-order chi connectivity index (χ0) is 18.2. The molecule has 0 aliphatic rings. The Kier molecular flexibility index (Phi) is 4.43. The Bertz CT molecular complexity index is 1050. The van der Waals surface area contributed by atoms with Crippen LogP contribution in [0.4, 0.5) is 0 Å². The van der Waals surface area contributed by atoms with Gasteiger partial charge in [-0.25, -0.2) is 18.4 Å². The Morgan fingerprint density at radius 3 is 2.00 bits per heavy atom. The van der Waals surface area contributed by atoms with Gasteiger partial charge in [-0.05, 0) is 6.92 Å². The molecule has 0 fully saturated rings. The number of fused-ring (bicyclic) bond motifs is 1. The smallest absolute Gasteiger partial charge is 0.258 e. The van der Waals surface area contributed by atoms with Crippen LogP contribution in [0.1, 0.15) is 5.01 Å². The van der Waals surface area contributed by atoms with Gasteiger partial charge in [-0.1, -0.05) is 11.3 Å². The Morgan fingerprint density at radius 1 is 0.920 bits per heavy atom. The highest BCUT2D eigenvalue weighted by Crippen LogP contribution is 2.34. The van der Waals surface area contributed by atoms with Crippen LogP contribution in [0.2, 0.25) is 0 Å². The molecule has 0 atom stereocenters. The summed E-state index contributed by atoms with van der Waals surface area (Å²) in [5, 5.41) is 7.63. The molecule has 3 rings (SSSR count). The largest absolute Gasteiger partial charge is 0.493 e. The molecule has 3 aromatic rings. The van der Waals surface area contributed by atoms with Crippen LogP contribution in [-0.4, -0.2) is 49.9 Å². The summed E-state index contributed by atoms with van der Waals surface area (Å²) < 4.78 is 41.0. The number of nitrogens with zero attached hydrogens (tertiary/aromatic N) is 4. The summed E-state index contributed by atoms with van der Waals surface area (Å²) in [6.45, 7) is 1.66. The van der Waals surface area contributed by atoms with E-state index in [1.807, 2.05) is 0 Å². The molecule has 0 saturated heterocycles. The van der Waals surface area contributed by atoms with Gasteiger partial charge in [0.15, 0.2) is 11.5 Å². The van der Waals surface area contributed by atoms with E-state index >= 15 is 0 Å². The molecule has 1 aromatic carbocycles. The minimum Gasteiger partial charge on any atom is -0.493 e. The van der Waals surface area contributed by atoms with Crippen LogP contribution < -0.4 is 14.2 Å². The molecule has 132 valence electrons. The van der Waals surface area contributed by atoms with Gasteiger partial charge in [0.2, 0.25) is 9.37 Å². The van der Waals surface area contributed by atoms with Crippen molar-refractivity contribution in [2.75, 3.05) is 21.3 Å². The molecule has 0 aliphatic carbocycles. The van der Waals surface area contributed by atoms with Crippen molar-refractivity contribution in [1.29, 1.82) is 0 Å². The maximum Gasteiger partial charge on any atom is 0.258 e. The molecule has 2 aromatic heterocycles. The number of aryl methyl sites for hydroxylation is 1. The molecular formula is C14H14N4O5S2. The first-order valence-electron chi connectivity index (χ1n) is 6.93. The van der Waals surface area contributed by atoms with Crippen LogP contribution in [0.25, 0.3) is 11.0 Å². The zero-order valence-corrected chi connectivity index (χ0v) is 15.4. The van der Waals surface area contributed by atoms with Crippen LogP contribution >= 0.6 is 11.3 Å². The fourth-order valence-electron chi connectivity index (χ4n) is 2.13. The Morgan fingerprint density at radius 2 is 1.52 bits per heavy atom. The van der Waals surface area contributed by atoms with E-state index in [9.17, 15) is 8.42 Å². The van der Waals surface area contributed by atoms with Crippen LogP contribution in [0.3, 0.4) is 0 Å². The first kappa shape index (κ1) is 17.3. The molecule has 0 saturated carbocycles. The second kappa shape index (κ2) is 6.41. The Labute approximate surface area is 147 Å². The van der Waals surface area contributed by atoms with Gasteiger partial charge in [-0.2, -0.15) is 0 Å². The van der Waals surface area contributed by atoms with Crippen molar-refractivity contribution < 1.29 is 22.6 Å². The Hall–Kier alpha value is -2.53. The van der Waals surface area contributed by atoms with Gasteiger partial charge >= 0.3 is 0 Å². The highest BCUT2D eigenvalue weighted by Gasteiger charge is 2.30. The van der Waals surface area contributed by atoms with Crippen molar-refractivity contribution in [3.63, 3.8) is 0 Å². The minimum absolute atomic E-state index is 0.132. The summed E-state index contributed by atoms with van der Waals surface area (Å²) in [6, 6.07) is 3.14. The van der Waals surface area contributed by atoms with E-state index in [0.29, 0.717) is 27.5 Å². The fraction of sp³-hybridized carbons (Fsp3) is 0.286. The summed E-state index contributed by atoms with van der Waals surface area (Å²) in [7, 11) is 0.273. The highest BCUT2D eigenvalue weighted by molar-refractivity contribution is 7.93. The lowest BCUT2D eigenvalue weighted by Gasteiger charge is -2.11. The van der Waals surface area contributed by atoms with Gasteiger partial charge < -0.3 is 14.2 Å². The van der Waals surface area contributed by atoms with Crippen LogP contribution in [0.5, 0.6) is 17.4 Å². The maximum absolute atomic E-state index is 12.8. The number of ether oxygens (including phenoxy) is 3. The summed E-state index contributed by atoms with van der Waals surface area (Å²) in [5.74, 6) is 0.721. The number of methoxy groups -OCH3 is 3. The monoisotopic (exact) mass is 382 g/mol. The SMILES string of the molecule is COc1cc2nc(OC)c(S(=O)(=O)c3nnc(C)s3)nc2cc1OC. The molecule has 0 amide bonds. The van der Waals surface area contributed by atoms with E-state index in [0.717, 1.165) is 11.3 Å². The minimum atomic E-state index is -4.01. The van der Waals surface area contributed by atoms with Gasteiger partial charge in [0.05, 0.1) is 32.4 Å². The first-order valence-corrected chi connectivity index (χ1v) is 9.23. The third-order valence-electron chi connectivity index (χ3n) is 3.29. The number of sulfone groups is 1. The number of hydrogen-bond acceptors (Lipinski definition) is 10. The lowest BCUT2D eigenvalue weighted by Crippen LogP contribution is -2.09. The first-order chi connectivity index (χ1) is 11.9. The predicted octanol–water partition coefficient (Wildman–Crippen LogP) is 1.65. The Balaban J connectivity index is 2.27. The van der Waals surface area contributed by atoms with E-state index in [1.54, 1.807) is 19.1 Å². The molecule has 0 N–H and O–H groups in total. The zero-order valence-electron chi connectivity index (χ0n) is 13.8. The predicted molar refractivity (Wildman–Crippen MR) is 89.3 cm³/mol. The third-order valence-corrected chi connectivity index (χ3v) is 6.15. The van der Waals surface area contributed by atoms with Crippen molar-refractivity contribution in [2.45, 2.75) is 16.3 Å². The van der Waals surface area contributed by atoms with Gasteiger partial charge in [0.1, 0.15) is 5.01 Å². The third kappa shape index (κ3) is 2.96. The molecule has 9 nitrogen and oxygen atoms in total. The summed E-state index contributed by atoms with van der Waals surface area (Å²) in [6.07, 6.45) is 0. The topological polar surface area (TPSA) is 113 Å². The summed E-state index contributed by atoms with van der Waals surface area (Å²) in [4.78, 5) is 8.45. The molecule has 0 aliphatic heterocycles. The lowest BCUT2D eigenvalue weighted by molar-refractivity contribution is 0.355. The van der Waals surface area contributed by atoms with Crippen LogP contribution in [0.15, 0.2) is 21.5 Å². The van der Waals surface area contributed by atoms with Crippen LogP contribution in [-0.2, 0) is 9.84 Å². The van der Waals surface area contributed by atoms with Crippen molar-refractivity contribution in [2.24, 2.45) is 0 Å². The molecule has 25 heavy (non-hydrogen) atoms. The average molecular weight is 382 g/mol. The second-order valence-electron chi connectivity index (χ2n) is 4.82. The van der Waals surface area contributed by atoms with Gasteiger partial charge in [-0.3, -0.25) is 0 Å². The van der Waals surface area contributed by atoms with E-state index in [2.05, 4.69) is 20.2 Å². The normalized spacial score (nSPS) is 11.5. The quantitative estimate of drug-likeness (QED) is 0.649. The number of aromatic nitrogens is 4. The van der Waals surface area contributed by atoms with Gasteiger partial charge in [0.25, 0.3) is 15.7 Å². The average Bonchev–Trinajstić information content (AvgIpc) is 3.06. The fourth-order valence-corrected chi connectivity index (χ4v) is 4.47. The van der Waals surface area contributed by atoms with Crippen LogP contribution in [0, 0.1) is 6.92 Å².